The van der Waals surface area contributed by atoms with E-state index in [0.29, 0.717) is 16.3 Å². The molecule has 1 heterocycles. The van der Waals surface area contributed by atoms with Crippen LogP contribution in [-0.4, -0.2) is 18.2 Å². The summed E-state index contributed by atoms with van der Waals surface area (Å²) < 4.78 is 0. The van der Waals surface area contributed by atoms with E-state index in [1.165, 1.54) is 23.8 Å². The first-order chi connectivity index (χ1) is 9.58. The first kappa shape index (κ1) is 14.5. The minimum atomic E-state index is -0.120. The minimum absolute atomic E-state index is 0.00768. The van der Waals surface area contributed by atoms with E-state index >= 15 is 0 Å². The average Bonchev–Trinajstić information content (AvgIpc) is 2.95. The van der Waals surface area contributed by atoms with Crippen LogP contribution >= 0.6 is 11.3 Å². The Bertz CT molecular complexity index is 604. The third-order valence-electron chi connectivity index (χ3n) is 3.11. The SMILES string of the molecule is CC(=O)c1ccc(C(=O)NC[C@@H](C)c2ccccc2)s1. The van der Waals surface area contributed by atoms with E-state index in [0.717, 1.165) is 0 Å². The molecule has 3 nitrogen and oxygen atoms in total. The number of hydrogen-bond acceptors (Lipinski definition) is 3. The predicted molar refractivity (Wildman–Crippen MR) is 81.5 cm³/mol. The van der Waals surface area contributed by atoms with Gasteiger partial charge in [-0.05, 0) is 30.5 Å². The molecule has 2 rings (SSSR count). The van der Waals surface area contributed by atoms with Crippen molar-refractivity contribution in [3.05, 3.63) is 57.8 Å². The number of thiophene rings is 1. The molecule has 0 saturated heterocycles. The van der Waals surface area contributed by atoms with E-state index in [-0.39, 0.29) is 17.6 Å². The first-order valence-electron chi connectivity index (χ1n) is 6.52. The van der Waals surface area contributed by atoms with E-state index in [1.54, 1.807) is 12.1 Å². The monoisotopic (exact) mass is 287 g/mol. The lowest BCUT2D eigenvalue weighted by molar-refractivity contribution is 0.0955. The maximum atomic E-state index is 12.0. The van der Waals surface area contributed by atoms with Gasteiger partial charge in [0, 0.05) is 6.54 Å². The van der Waals surface area contributed by atoms with Crippen LogP contribution in [0.4, 0.5) is 0 Å². The molecule has 0 unspecified atom stereocenters. The Morgan fingerprint density at radius 1 is 1.10 bits per heavy atom. The van der Waals surface area contributed by atoms with E-state index < -0.39 is 0 Å². The second-order valence-electron chi connectivity index (χ2n) is 4.74. The molecule has 2 aromatic rings. The highest BCUT2D eigenvalue weighted by molar-refractivity contribution is 7.15. The first-order valence-corrected chi connectivity index (χ1v) is 7.33. The number of nitrogens with one attached hydrogen (secondary N) is 1. The second-order valence-corrected chi connectivity index (χ2v) is 5.83. The molecule has 0 aliphatic rings. The van der Waals surface area contributed by atoms with E-state index in [2.05, 4.69) is 24.4 Å². The molecule has 1 amide bonds. The number of Topliss-reactive ketones (excluding diaryl/α,β-unsaturated/α-hetero) is 1. The molecule has 1 atom stereocenters. The number of hydrogen-bond donors (Lipinski definition) is 1. The molecule has 20 heavy (non-hydrogen) atoms. The van der Waals surface area contributed by atoms with Crippen molar-refractivity contribution in [2.75, 3.05) is 6.54 Å². The molecule has 0 fully saturated rings. The lowest BCUT2D eigenvalue weighted by Crippen LogP contribution is -2.26. The third kappa shape index (κ3) is 3.54. The molecule has 0 bridgehead atoms. The van der Waals surface area contributed by atoms with Crippen LogP contribution in [0.25, 0.3) is 0 Å². The van der Waals surface area contributed by atoms with Gasteiger partial charge in [-0.25, -0.2) is 0 Å². The largest absolute Gasteiger partial charge is 0.351 e. The summed E-state index contributed by atoms with van der Waals surface area (Å²) in [7, 11) is 0. The highest BCUT2D eigenvalue weighted by Crippen LogP contribution is 2.18. The van der Waals surface area contributed by atoms with Gasteiger partial charge in [0.2, 0.25) is 0 Å². The van der Waals surface area contributed by atoms with Crippen molar-refractivity contribution in [2.24, 2.45) is 0 Å². The fourth-order valence-corrected chi connectivity index (χ4v) is 2.70. The van der Waals surface area contributed by atoms with Crippen LogP contribution in [0.1, 0.15) is 44.7 Å². The fourth-order valence-electron chi connectivity index (χ4n) is 1.88. The summed E-state index contributed by atoms with van der Waals surface area (Å²) in [6.07, 6.45) is 0. The fraction of sp³-hybridized carbons (Fsp3) is 0.250. The quantitative estimate of drug-likeness (QED) is 0.856. The summed E-state index contributed by atoms with van der Waals surface area (Å²) >= 11 is 1.23. The molecule has 0 aliphatic heterocycles. The number of carbonyl (C=O) groups is 2. The zero-order valence-corrected chi connectivity index (χ0v) is 12.4. The van der Waals surface area contributed by atoms with Gasteiger partial charge in [0.1, 0.15) is 0 Å². The molecular weight excluding hydrogens is 270 g/mol. The second kappa shape index (κ2) is 6.48. The maximum Gasteiger partial charge on any atom is 0.261 e. The van der Waals surface area contributed by atoms with E-state index in [1.807, 2.05) is 18.2 Å². The normalized spacial score (nSPS) is 11.9. The summed E-state index contributed by atoms with van der Waals surface area (Å²) in [5, 5.41) is 2.91. The van der Waals surface area contributed by atoms with E-state index in [9.17, 15) is 9.59 Å². The van der Waals surface area contributed by atoms with Gasteiger partial charge < -0.3 is 5.32 Å². The third-order valence-corrected chi connectivity index (χ3v) is 4.30. The van der Waals surface area contributed by atoms with Crippen LogP contribution in [-0.2, 0) is 0 Å². The molecule has 1 aromatic carbocycles. The van der Waals surface area contributed by atoms with Crippen molar-refractivity contribution < 1.29 is 9.59 Å². The summed E-state index contributed by atoms with van der Waals surface area (Å²) in [4.78, 5) is 24.4. The predicted octanol–water partition coefficient (Wildman–Crippen LogP) is 3.48. The summed E-state index contributed by atoms with van der Waals surface area (Å²) in [6, 6.07) is 13.5. The highest BCUT2D eigenvalue weighted by atomic mass is 32.1. The summed E-state index contributed by atoms with van der Waals surface area (Å²) in [5.41, 5.74) is 1.20. The number of carbonyl (C=O) groups excluding carboxylic acids is 2. The zero-order chi connectivity index (χ0) is 14.5. The molecule has 0 saturated carbocycles. The Morgan fingerprint density at radius 3 is 2.35 bits per heavy atom. The van der Waals surface area contributed by atoms with Gasteiger partial charge in [0.15, 0.2) is 5.78 Å². The van der Waals surface area contributed by atoms with Crippen molar-refractivity contribution in [2.45, 2.75) is 19.8 Å². The van der Waals surface area contributed by atoms with Gasteiger partial charge in [0.05, 0.1) is 9.75 Å². The van der Waals surface area contributed by atoms with Crippen LogP contribution in [0.15, 0.2) is 42.5 Å². The van der Waals surface area contributed by atoms with Gasteiger partial charge in [-0.3, -0.25) is 9.59 Å². The van der Waals surface area contributed by atoms with Crippen LogP contribution in [0.3, 0.4) is 0 Å². The van der Waals surface area contributed by atoms with Gasteiger partial charge in [-0.1, -0.05) is 37.3 Å². The molecule has 1 N–H and O–H groups in total. The van der Waals surface area contributed by atoms with Crippen molar-refractivity contribution in [1.82, 2.24) is 5.32 Å². The maximum absolute atomic E-state index is 12.0. The van der Waals surface area contributed by atoms with Crippen LogP contribution < -0.4 is 5.32 Å². The van der Waals surface area contributed by atoms with Gasteiger partial charge in [0.25, 0.3) is 5.91 Å². The molecular formula is C16H17NO2S. The number of amides is 1. The Labute approximate surface area is 122 Å². The number of ketones is 1. The van der Waals surface area contributed by atoms with Gasteiger partial charge >= 0.3 is 0 Å². The molecule has 104 valence electrons. The summed E-state index contributed by atoms with van der Waals surface area (Å²) in [5.74, 6) is 0.129. The Hall–Kier alpha value is -1.94. The average molecular weight is 287 g/mol. The van der Waals surface area contributed by atoms with Crippen molar-refractivity contribution in [3.8, 4) is 0 Å². The van der Waals surface area contributed by atoms with E-state index in [4.69, 9.17) is 0 Å². The van der Waals surface area contributed by atoms with Crippen molar-refractivity contribution in [3.63, 3.8) is 0 Å². The molecule has 1 aromatic heterocycles. The Morgan fingerprint density at radius 2 is 1.75 bits per heavy atom. The van der Waals surface area contributed by atoms with Crippen molar-refractivity contribution >= 4 is 23.0 Å². The zero-order valence-electron chi connectivity index (χ0n) is 11.6. The number of benzene rings is 1. The topological polar surface area (TPSA) is 46.2 Å². The number of rotatable bonds is 5. The molecule has 0 spiro atoms. The molecule has 0 aliphatic carbocycles. The van der Waals surface area contributed by atoms with Crippen LogP contribution in [0, 0.1) is 0 Å². The highest BCUT2D eigenvalue weighted by Gasteiger charge is 2.12. The van der Waals surface area contributed by atoms with Crippen LogP contribution in [0.5, 0.6) is 0 Å². The lowest BCUT2D eigenvalue weighted by Gasteiger charge is -2.12. The van der Waals surface area contributed by atoms with Crippen LogP contribution in [0.2, 0.25) is 0 Å². The molecule has 0 radical (unpaired) electrons. The molecule has 4 heteroatoms. The summed E-state index contributed by atoms with van der Waals surface area (Å²) in [6.45, 7) is 4.16. The Balaban J connectivity index is 1.93. The smallest absolute Gasteiger partial charge is 0.261 e. The van der Waals surface area contributed by atoms with Crippen molar-refractivity contribution in [1.29, 1.82) is 0 Å². The Kier molecular flexibility index (Phi) is 4.69. The van der Waals surface area contributed by atoms with Gasteiger partial charge in [-0.15, -0.1) is 11.3 Å². The van der Waals surface area contributed by atoms with Gasteiger partial charge in [-0.2, -0.15) is 0 Å². The lowest BCUT2D eigenvalue weighted by atomic mass is 10.0. The standard InChI is InChI=1S/C16H17NO2S/c1-11(13-6-4-3-5-7-13)10-17-16(19)15-9-8-14(20-15)12(2)18/h3-9,11H,10H2,1-2H3,(H,17,19)/t11-/m1/s1. The minimum Gasteiger partial charge on any atom is -0.351 e.